The fourth-order valence-corrected chi connectivity index (χ4v) is 2.46. The third-order valence-corrected chi connectivity index (χ3v) is 3.47. The number of carbonyl (C=O) groups is 1. The Morgan fingerprint density at radius 1 is 1.35 bits per heavy atom. The van der Waals surface area contributed by atoms with Gasteiger partial charge in [0.1, 0.15) is 6.33 Å². The third-order valence-electron chi connectivity index (χ3n) is 3.47. The van der Waals surface area contributed by atoms with Gasteiger partial charge in [-0.3, -0.25) is 9.78 Å². The molecule has 0 saturated heterocycles. The van der Waals surface area contributed by atoms with Gasteiger partial charge in [-0.15, -0.1) is 10.2 Å². The Hall–Kier alpha value is -2.28. The number of hydrogen-bond donors (Lipinski definition) is 1. The first-order valence-corrected chi connectivity index (χ1v) is 7.64. The quantitative estimate of drug-likeness (QED) is 0.788. The van der Waals surface area contributed by atoms with Gasteiger partial charge in [-0.1, -0.05) is 0 Å². The van der Waals surface area contributed by atoms with Crippen LogP contribution < -0.4 is 5.32 Å². The van der Waals surface area contributed by atoms with E-state index in [9.17, 15) is 4.79 Å². The molecule has 1 atom stereocenters. The van der Waals surface area contributed by atoms with Crippen LogP contribution in [-0.2, 0) is 11.3 Å². The summed E-state index contributed by atoms with van der Waals surface area (Å²) in [4.78, 5) is 16.7. The molecule has 0 radical (unpaired) electrons. The fraction of sp³-hybridized carbons (Fsp3) is 0.500. The van der Waals surface area contributed by atoms with E-state index in [1.54, 1.807) is 25.6 Å². The van der Waals surface area contributed by atoms with E-state index < -0.39 is 0 Å². The zero-order valence-corrected chi connectivity index (χ0v) is 14.0. The minimum atomic E-state index is -0.235. The summed E-state index contributed by atoms with van der Waals surface area (Å²) in [7, 11) is 1.68. The molecule has 0 aliphatic heterocycles. The molecule has 0 bridgehead atoms. The molecule has 0 aromatic carbocycles. The number of nitrogens with one attached hydrogen (secondary N) is 1. The summed E-state index contributed by atoms with van der Waals surface area (Å²) >= 11 is 0. The number of methoxy groups -OCH3 is 1. The Bertz CT molecular complexity index is 648. The first-order chi connectivity index (χ1) is 11.0. The van der Waals surface area contributed by atoms with E-state index in [4.69, 9.17) is 4.74 Å². The summed E-state index contributed by atoms with van der Waals surface area (Å²) in [5, 5.41) is 11.0. The smallest absolute Gasteiger partial charge is 0.251 e. The maximum atomic E-state index is 12.4. The van der Waals surface area contributed by atoms with E-state index in [-0.39, 0.29) is 11.9 Å². The monoisotopic (exact) mass is 317 g/mol. The normalized spacial score (nSPS) is 12.2. The summed E-state index contributed by atoms with van der Waals surface area (Å²) in [5.41, 5.74) is 2.25. The lowest BCUT2D eigenvalue weighted by molar-refractivity contribution is 0.0937. The second-order valence-corrected chi connectivity index (χ2v) is 5.56. The number of ether oxygens (including phenoxy) is 1. The number of rotatable bonds is 7. The average Bonchev–Trinajstić information content (AvgIpc) is 2.95. The van der Waals surface area contributed by atoms with Gasteiger partial charge in [0, 0.05) is 37.2 Å². The van der Waals surface area contributed by atoms with Crippen LogP contribution in [0.15, 0.2) is 18.5 Å². The molecule has 7 heteroatoms. The van der Waals surface area contributed by atoms with E-state index >= 15 is 0 Å². The third kappa shape index (κ3) is 4.59. The molecule has 7 nitrogen and oxygen atoms in total. The van der Waals surface area contributed by atoms with Gasteiger partial charge in [-0.25, -0.2) is 0 Å². The zero-order valence-electron chi connectivity index (χ0n) is 14.0. The van der Waals surface area contributed by atoms with Crippen LogP contribution in [0.2, 0.25) is 0 Å². The van der Waals surface area contributed by atoms with E-state index in [0.717, 1.165) is 30.2 Å². The number of aromatic nitrogens is 4. The highest BCUT2D eigenvalue weighted by molar-refractivity contribution is 5.94. The van der Waals surface area contributed by atoms with Crippen molar-refractivity contribution in [2.24, 2.45) is 0 Å². The molecule has 0 aliphatic carbocycles. The number of carbonyl (C=O) groups excluding carboxylic acids is 1. The topological polar surface area (TPSA) is 81.9 Å². The number of aryl methyl sites for hydroxylation is 3. The highest BCUT2D eigenvalue weighted by Crippen LogP contribution is 2.12. The Labute approximate surface area is 136 Å². The lowest BCUT2D eigenvalue weighted by Gasteiger charge is -2.15. The highest BCUT2D eigenvalue weighted by Gasteiger charge is 2.17. The fourth-order valence-electron chi connectivity index (χ4n) is 2.46. The van der Waals surface area contributed by atoms with Crippen LogP contribution in [0, 0.1) is 13.8 Å². The minimum Gasteiger partial charge on any atom is -0.385 e. The molecule has 2 aromatic rings. The van der Waals surface area contributed by atoms with Crippen molar-refractivity contribution >= 4 is 5.91 Å². The van der Waals surface area contributed by atoms with Crippen molar-refractivity contribution in [2.45, 2.75) is 39.8 Å². The molecule has 0 fully saturated rings. The lowest BCUT2D eigenvalue weighted by atomic mass is 10.1. The SMILES string of the molecule is COCCCn1cnnc1[C@@H](C)NC(=O)c1cc(C)nc(C)c1. The van der Waals surface area contributed by atoms with Crippen molar-refractivity contribution in [2.75, 3.05) is 13.7 Å². The van der Waals surface area contributed by atoms with Gasteiger partial charge in [0.25, 0.3) is 5.91 Å². The molecule has 124 valence electrons. The summed E-state index contributed by atoms with van der Waals surface area (Å²) in [6, 6.07) is 3.32. The predicted molar refractivity (Wildman–Crippen MR) is 86.1 cm³/mol. The summed E-state index contributed by atoms with van der Waals surface area (Å²) < 4.78 is 6.99. The molecule has 0 spiro atoms. The van der Waals surface area contributed by atoms with Crippen LogP contribution in [0.4, 0.5) is 0 Å². The first-order valence-electron chi connectivity index (χ1n) is 7.64. The van der Waals surface area contributed by atoms with E-state index in [0.29, 0.717) is 12.2 Å². The number of hydrogen-bond acceptors (Lipinski definition) is 5. The van der Waals surface area contributed by atoms with Crippen LogP contribution in [0.1, 0.15) is 47.0 Å². The first kappa shape index (κ1) is 17.1. The van der Waals surface area contributed by atoms with Crippen molar-refractivity contribution in [3.63, 3.8) is 0 Å². The van der Waals surface area contributed by atoms with Gasteiger partial charge in [0.15, 0.2) is 5.82 Å². The Morgan fingerprint density at radius 3 is 2.70 bits per heavy atom. The number of nitrogens with zero attached hydrogens (tertiary/aromatic N) is 4. The standard InChI is InChI=1S/C16H23N5O2/c1-11-8-14(9-12(2)18-11)16(22)19-13(3)15-20-17-10-21(15)6-5-7-23-4/h8-10,13H,5-7H2,1-4H3,(H,19,22)/t13-/m1/s1. The molecular weight excluding hydrogens is 294 g/mol. The maximum absolute atomic E-state index is 12.4. The number of pyridine rings is 1. The second kappa shape index (κ2) is 7.82. The summed E-state index contributed by atoms with van der Waals surface area (Å²) in [5.74, 6) is 0.592. The minimum absolute atomic E-state index is 0.141. The van der Waals surface area contributed by atoms with Gasteiger partial charge in [-0.2, -0.15) is 0 Å². The van der Waals surface area contributed by atoms with Gasteiger partial charge < -0.3 is 14.6 Å². The molecule has 1 amide bonds. The van der Waals surface area contributed by atoms with Crippen molar-refractivity contribution < 1.29 is 9.53 Å². The molecule has 0 saturated carbocycles. The summed E-state index contributed by atoms with van der Waals surface area (Å²) in [6.07, 6.45) is 2.54. The van der Waals surface area contributed by atoms with E-state index in [1.165, 1.54) is 0 Å². The number of amides is 1. The van der Waals surface area contributed by atoms with E-state index in [1.807, 2.05) is 25.3 Å². The van der Waals surface area contributed by atoms with Gasteiger partial charge >= 0.3 is 0 Å². The van der Waals surface area contributed by atoms with Gasteiger partial charge in [0.2, 0.25) is 0 Å². The van der Waals surface area contributed by atoms with Gasteiger partial charge in [0.05, 0.1) is 6.04 Å². The summed E-state index contributed by atoms with van der Waals surface area (Å²) in [6.45, 7) is 7.08. The van der Waals surface area contributed by atoms with Crippen molar-refractivity contribution in [1.29, 1.82) is 0 Å². The van der Waals surface area contributed by atoms with Crippen LogP contribution >= 0.6 is 0 Å². The van der Waals surface area contributed by atoms with Crippen LogP contribution in [0.3, 0.4) is 0 Å². The van der Waals surface area contributed by atoms with Gasteiger partial charge in [-0.05, 0) is 39.3 Å². The van der Waals surface area contributed by atoms with E-state index in [2.05, 4.69) is 20.5 Å². The average molecular weight is 317 g/mol. The molecule has 2 aromatic heterocycles. The Balaban J connectivity index is 2.05. The molecular formula is C16H23N5O2. The van der Waals surface area contributed by atoms with Crippen molar-refractivity contribution in [3.8, 4) is 0 Å². The highest BCUT2D eigenvalue weighted by atomic mass is 16.5. The zero-order chi connectivity index (χ0) is 16.8. The predicted octanol–water partition coefficient (Wildman–Crippen LogP) is 1.82. The molecule has 2 heterocycles. The Morgan fingerprint density at radius 2 is 2.04 bits per heavy atom. The maximum Gasteiger partial charge on any atom is 0.251 e. The van der Waals surface area contributed by atoms with Crippen molar-refractivity contribution in [1.82, 2.24) is 25.1 Å². The van der Waals surface area contributed by atoms with Crippen molar-refractivity contribution in [3.05, 3.63) is 41.2 Å². The molecule has 0 aliphatic rings. The Kier molecular flexibility index (Phi) is 5.81. The second-order valence-electron chi connectivity index (χ2n) is 5.56. The lowest BCUT2D eigenvalue weighted by Crippen LogP contribution is -2.29. The molecule has 2 rings (SSSR count). The molecule has 1 N–H and O–H groups in total. The molecule has 0 unspecified atom stereocenters. The largest absolute Gasteiger partial charge is 0.385 e. The van der Waals surface area contributed by atoms with Crippen LogP contribution in [-0.4, -0.2) is 39.4 Å². The van der Waals surface area contributed by atoms with Crippen LogP contribution in [0.5, 0.6) is 0 Å². The van der Waals surface area contributed by atoms with Crippen LogP contribution in [0.25, 0.3) is 0 Å². The molecule has 23 heavy (non-hydrogen) atoms.